The number of carboxylic acids is 1. The standard InChI is InChI=1S/C13H22O4/c1-8-5-6-10(7-17-9(2)14)13(3,4)11(8)12(15)16/h8,10-11H,5-7H2,1-4H3,(H,15,16). The zero-order valence-electron chi connectivity index (χ0n) is 11.0. The average Bonchev–Trinajstić information content (AvgIpc) is 2.14. The second-order valence-electron chi connectivity index (χ2n) is 5.69. The van der Waals surface area contributed by atoms with Gasteiger partial charge in [0.1, 0.15) is 0 Å². The van der Waals surface area contributed by atoms with E-state index in [1.165, 1.54) is 6.92 Å². The molecule has 1 saturated carbocycles. The lowest BCUT2D eigenvalue weighted by molar-refractivity contribution is -0.157. The van der Waals surface area contributed by atoms with Crippen LogP contribution in [-0.2, 0) is 14.3 Å². The summed E-state index contributed by atoms with van der Waals surface area (Å²) in [7, 11) is 0. The lowest BCUT2D eigenvalue weighted by Gasteiger charge is -2.46. The minimum Gasteiger partial charge on any atom is -0.481 e. The van der Waals surface area contributed by atoms with E-state index in [1.54, 1.807) is 0 Å². The Kier molecular flexibility index (Phi) is 4.17. The summed E-state index contributed by atoms with van der Waals surface area (Å²) in [5, 5.41) is 9.33. The Morgan fingerprint density at radius 1 is 1.35 bits per heavy atom. The zero-order chi connectivity index (χ0) is 13.2. The number of hydrogen-bond donors (Lipinski definition) is 1. The molecule has 1 fully saturated rings. The fourth-order valence-corrected chi connectivity index (χ4v) is 3.07. The Morgan fingerprint density at radius 3 is 2.41 bits per heavy atom. The summed E-state index contributed by atoms with van der Waals surface area (Å²) in [4.78, 5) is 22.2. The molecule has 0 heterocycles. The van der Waals surface area contributed by atoms with Gasteiger partial charge in [-0.15, -0.1) is 0 Å². The number of aliphatic carboxylic acids is 1. The molecule has 0 bridgehead atoms. The van der Waals surface area contributed by atoms with Gasteiger partial charge in [-0.05, 0) is 30.1 Å². The molecule has 0 aliphatic heterocycles. The van der Waals surface area contributed by atoms with E-state index in [4.69, 9.17) is 4.74 Å². The van der Waals surface area contributed by atoms with Crippen LogP contribution in [0.15, 0.2) is 0 Å². The summed E-state index contributed by atoms with van der Waals surface area (Å²) >= 11 is 0. The minimum atomic E-state index is -0.741. The molecule has 0 amide bonds. The van der Waals surface area contributed by atoms with Gasteiger partial charge >= 0.3 is 11.9 Å². The molecule has 17 heavy (non-hydrogen) atoms. The maximum absolute atomic E-state index is 11.4. The van der Waals surface area contributed by atoms with Crippen molar-refractivity contribution in [1.82, 2.24) is 0 Å². The average molecular weight is 242 g/mol. The third-order valence-electron chi connectivity index (χ3n) is 4.15. The molecule has 3 atom stereocenters. The number of esters is 1. The van der Waals surface area contributed by atoms with E-state index in [9.17, 15) is 14.7 Å². The Labute approximate surface area is 102 Å². The summed E-state index contributed by atoms with van der Waals surface area (Å²) < 4.78 is 5.05. The lowest BCUT2D eigenvalue weighted by atomic mass is 9.59. The molecule has 0 saturated heterocycles. The van der Waals surface area contributed by atoms with E-state index in [1.807, 2.05) is 20.8 Å². The molecule has 0 radical (unpaired) electrons. The van der Waals surface area contributed by atoms with Gasteiger partial charge in [0.2, 0.25) is 0 Å². The van der Waals surface area contributed by atoms with Gasteiger partial charge in [0.15, 0.2) is 0 Å². The molecule has 0 aromatic heterocycles. The topological polar surface area (TPSA) is 63.6 Å². The number of rotatable bonds is 3. The Bertz CT molecular complexity index is 309. The molecular weight excluding hydrogens is 220 g/mol. The van der Waals surface area contributed by atoms with Crippen molar-refractivity contribution in [2.75, 3.05) is 6.61 Å². The molecule has 0 aromatic rings. The van der Waals surface area contributed by atoms with Crippen molar-refractivity contribution in [3.05, 3.63) is 0 Å². The van der Waals surface area contributed by atoms with Crippen LogP contribution in [0.5, 0.6) is 0 Å². The first-order chi connectivity index (χ1) is 7.76. The maximum Gasteiger partial charge on any atom is 0.307 e. The Hall–Kier alpha value is -1.06. The van der Waals surface area contributed by atoms with Gasteiger partial charge in [-0.2, -0.15) is 0 Å². The number of carboxylic acid groups (broad SMARTS) is 1. The smallest absolute Gasteiger partial charge is 0.307 e. The Balaban J connectivity index is 2.80. The van der Waals surface area contributed by atoms with Crippen LogP contribution in [0.4, 0.5) is 0 Å². The zero-order valence-corrected chi connectivity index (χ0v) is 11.0. The SMILES string of the molecule is CC(=O)OCC1CCC(C)C(C(=O)O)C1(C)C. The van der Waals surface area contributed by atoms with Crippen molar-refractivity contribution in [2.45, 2.75) is 40.5 Å². The highest BCUT2D eigenvalue weighted by atomic mass is 16.5. The quantitative estimate of drug-likeness (QED) is 0.771. The van der Waals surface area contributed by atoms with Crippen LogP contribution in [0, 0.1) is 23.2 Å². The second kappa shape index (κ2) is 5.07. The highest BCUT2D eigenvalue weighted by Gasteiger charge is 2.47. The largest absolute Gasteiger partial charge is 0.481 e. The second-order valence-corrected chi connectivity index (χ2v) is 5.69. The summed E-state index contributed by atoms with van der Waals surface area (Å²) in [5.74, 6) is -1.10. The first-order valence-electron chi connectivity index (χ1n) is 6.13. The van der Waals surface area contributed by atoms with Gasteiger partial charge in [0.05, 0.1) is 12.5 Å². The molecule has 3 unspecified atom stereocenters. The van der Waals surface area contributed by atoms with Gasteiger partial charge in [-0.1, -0.05) is 20.8 Å². The summed E-state index contributed by atoms with van der Waals surface area (Å²) in [5.41, 5.74) is -0.334. The van der Waals surface area contributed by atoms with E-state index in [0.717, 1.165) is 12.8 Å². The van der Waals surface area contributed by atoms with Crippen LogP contribution < -0.4 is 0 Å². The predicted molar refractivity (Wildman–Crippen MR) is 63.4 cm³/mol. The van der Waals surface area contributed by atoms with Crippen molar-refractivity contribution in [1.29, 1.82) is 0 Å². The summed E-state index contributed by atoms with van der Waals surface area (Å²) in [6.07, 6.45) is 1.80. The monoisotopic (exact) mass is 242 g/mol. The van der Waals surface area contributed by atoms with E-state index >= 15 is 0 Å². The first kappa shape index (κ1) is 14.0. The number of ether oxygens (including phenoxy) is 1. The molecule has 0 aromatic carbocycles. The molecule has 4 nitrogen and oxygen atoms in total. The summed E-state index contributed by atoms with van der Waals surface area (Å²) in [6.45, 7) is 7.64. The van der Waals surface area contributed by atoms with Gasteiger partial charge in [0.25, 0.3) is 0 Å². The number of hydrogen-bond acceptors (Lipinski definition) is 3. The van der Waals surface area contributed by atoms with E-state index in [0.29, 0.717) is 6.61 Å². The molecule has 1 aliphatic carbocycles. The Morgan fingerprint density at radius 2 is 1.94 bits per heavy atom. The van der Waals surface area contributed by atoms with Crippen molar-refractivity contribution >= 4 is 11.9 Å². The molecule has 1 rings (SSSR count). The molecule has 1 aliphatic rings. The van der Waals surface area contributed by atoms with Crippen molar-refractivity contribution in [3.8, 4) is 0 Å². The highest BCUT2D eigenvalue weighted by Crippen LogP contribution is 2.47. The molecule has 4 heteroatoms. The van der Waals surface area contributed by atoms with Gasteiger partial charge in [-0.3, -0.25) is 9.59 Å². The predicted octanol–water partition coefficient (Wildman–Crippen LogP) is 2.32. The maximum atomic E-state index is 11.4. The summed E-state index contributed by atoms with van der Waals surface area (Å²) in [6, 6.07) is 0. The van der Waals surface area contributed by atoms with E-state index in [-0.39, 0.29) is 29.1 Å². The molecular formula is C13H22O4. The molecule has 0 spiro atoms. The molecule has 1 N–H and O–H groups in total. The van der Waals surface area contributed by atoms with Crippen molar-refractivity contribution < 1.29 is 19.4 Å². The number of carbonyl (C=O) groups is 2. The van der Waals surface area contributed by atoms with Gasteiger partial charge < -0.3 is 9.84 Å². The van der Waals surface area contributed by atoms with E-state index in [2.05, 4.69) is 0 Å². The first-order valence-corrected chi connectivity index (χ1v) is 6.13. The minimum absolute atomic E-state index is 0.128. The van der Waals surface area contributed by atoms with Crippen LogP contribution in [0.2, 0.25) is 0 Å². The fraction of sp³-hybridized carbons (Fsp3) is 0.846. The van der Waals surface area contributed by atoms with Crippen LogP contribution in [-0.4, -0.2) is 23.7 Å². The van der Waals surface area contributed by atoms with Crippen LogP contribution in [0.1, 0.15) is 40.5 Å². The highest BCUT2D eigenvalue weighted by molar-refractivity contribution is 5.71. The van der Waals surface area contributed by atoms with Gasteiger partial charge in [-0.25, -0.2) is 0 Å². The lowest BCUT2D eigenvalue weighted by Crippen LogP contribution is -2.46. The normalized spacial score (nSPS) is 31.9. The van der Waals surface area contributed by atoms with Crippen LogP contribution >= 0.6 is 0 Å². The van der Waals surface area contributed by atoms with Crippen molar-refractivity contribution in [3.63, 3.8) is 0 Å². The van der Waals surface area contributed by atoms with Crippen LogP contribution in [0.25, 0.3) is 0 Å². The molecule has 98 valence electrons. The third-order valence-corrected chi connectivity index (χ3v) is 4.15. The third kappa shape index (κ3) is 2.99. The van der Waals surface area contributed by atoms with Crippen LogP contribution in [0.3, 0.4) is 0 Å². The van der Waals surface area contributed by atoms with Gasteiger partial charge in [0, 0.05) is 6.92 Å². The van der Waals surface area contributed by atoms with Crippen molar-refractivity contribution in [2.24, 2.45) is 23.2 Å². The van der Waals surface area contributed by atoms with E-state index < -0.39 is 5.97 Å². The fourth-order valence-electron chi connectivity index (χ4n) is 3.07. The number of carbonyl (C=O) groups excluding carboxylic acids is 1.